The molecule has 1 unspecified atom stereocenters. The van der Waals surface area contributed by atoms with E-state index in [9.17, 15) is 23.6 Å². The van der Waals surface area contributed by atoms with E-state index < -0.39 is 20.3 Å². The average Bonchev–Trinajstić information content (AvgIpc) is 3.54. The van der Waals surface area contributed by atoms with Crippen molar-refractivity contribution in [3.8, 4) is 5.75 Å². The second-order valence-corrected chi connectivity index (χ2v) is 11.8. The first-order chi connectivity index (χ1) is 18.8. The summed E-state index contributed by atoms with van der Waals surface area (Å²) in [4.78, 5) is 13.0. The molecule has 2 aromatic carbocycles. The van der Waals surface area contributed by atoms with Gasteiger partial charge in [0.25, 0.3) is 0 Å². The zero-order valence-electron chi connectivity index (χ0n) is 20.5. The highest BCUT2D eigenvalue weighted by molar-refractivity contribution is 7.87. The highest BCUT2D eigenvalue weighted by atomic mass is 35.5. The molecule has 0 amide bonds. The summed E-state index contributed by atoms with van der Waals surface area (Å²) in [5.41, 5.74) is 2.46. The lowest BCUT2D eigenvalue weighted by Crippen LogP contribution is -2.27. The van der Waals surface area contributed by atoms with Crippen molar-refractivity contribution in [1.82, 2.24) is 15.0 Å². The number of benzene rings is 2. The van der Waals surface area contributed by atoms with Crippen LogP contribution in [0.2, 0.25) is 0 Å². The maximum absolute atomic E-state index is 13.7. The molecule has 1 atom stereocenters. The molecule has 0 aliphatic heterocycles. The minimum atomic E-state index is -4.34. The largest absolute Gasteiger partial charge is 0.394 e. The van der Waals surface area contributed by atoms with Gasteiger partial charge in [-0.15, -0.1) is 28.3 Å². The van der Waals surface area contributed by atoms with Crippen LogP contribution in [0, 0.1) is 10.1 Å². The van der Waals surface area contributed by atoms with Crippen molar-refractivity contribution >= 4 is 66.4 Å². The van der Waals surface area contributed by atoms with Crippen LogP contribution in [0.5, 0.6) is 5.75 Å². The predicted molar refractivity (Wildman–Crippen MR) is 152 cm³/mol. The summed E-state index contributed by atoms with van der Waals surface area (Å²) in [6, 6.07) is 12.9. The first kappa shape index (κ1) is 29.0. The fourth-order valence-corrected chi connectivity index (χ4v) is 6.67. The van der Waals surface area contributed by atoms with Crippen molar-refractivity contribution in [2.45, 2.75) is 18.2 Å². The van der Waals surface area contributed by atoms with E-state index in [2.05, 4.69) is 10.3 Å². The van der Waals surface area contributed by atoms with Gasteiger partial charge in [0.05, 0.1) is 23.6 Å². The molecule has 0 aliphatic carbocycles. The third kappa shape index (κ3) is 6.79. The van der Waals surface area contributed by atoms with Gasteiger partial charge in [0.2, 0.25) is 0 Å². The zero-order chi connectivity index (χ0) is 28.0. The Hall–Kier alpha value is -2.97. The maximum atomic E-state index is 13.7. The van der Waals surface area contributed by atoms with E-state index in [4.69, 9.17) is 27.4 Å². The van der Waals surface area contributed by atoms with Gasteiger partial charge in [-0.05, 0) is 53.4 Å². The highest BCUT2D eigenvalue weighted by Crippen LogP contribution is 2.36. The Balaban J connectivity index is 1.68. The number of aliphatic hydroxyl groups excluding tert-OH is 1. The fourth-order valence-electron chi connectivity index (χ4n) is 4.16. The number of anilines is 1. The van der Waals surface area contributed by atoms with Crippen molar-refractivity contribution in [3.63, 3.8) is 0 Å². The van der Waals surface area contributed by atoms with E-state index in [0.29, 0.717) is 41.4 Å². The van der Waals surface area contributed by atoms with E-state index >= 15 is 0 Å². The number of hydrogen-bond donors (Lipinski definition) is 1. The molecule has 39 heavy (non-hydrogen) atoms. The van der Waals surface area contributed by atoms with Crippen LogP contribution >= 0.6 is 34.5 Å². The predicted octanol–water partition coefficient (Wildman–Crippen LogP) is 4.37. The van der Waals surface area contributed by atoms with Crippen LogP contribution in [-0.4, -0.2) is 64.9 Å². The van der Waals surface area contributed by atoms with E-state index in [1.165, 1.54) is 16.8 Å². The lowest BCUT2D eigenvalue weighted by Gasteiger charge is -2.23. The third-order valence-corrected chi connectivity index (χ3v) is 8.79. The number of rotatable bonds is 14. The molecule has 15 heteroatoms. The lowest BCUT2D eigenvalue weighted by molar-refractivity contribution is -0.380. The Morgan fingerprint density at radius 1 is 1.13 bits per heavy atom. The first-order valence-corrected chi connectivity index (χ1v) is 15.2. The number of nitro groups is 1. The van der Waals surface area contributed by atoms with Crippen LogP contribution in [0.3, 0.4) is 0 Å². The molecule has 0 saturated carbocycles. The molecule has 11 nitrogen and oxygen atoms in total. The van der Waals surface area contributed by atoms with Crippen molar-refractivity contribution < 1.29 is 22.6 Å². The third-order valence-electron chi connectivity index (χ3n) is 5.99. The van der Waals surface area contributed by atoms with Gasteiger partial charge in [-0.2, -0.15) is 8.42 Å². The Bertz CT molecular complexity index is 1520. The van der Waals surface area contributed by atoms with Crippen LogP contribution in [-0.2, 0) is 23.1 Å². The van der Waals surface area contributed by atoms with Gasteiger partial charge in [-0.25, -0.2) is 4.68 Å². The van der Waals surface area contributed by atoms with Crippen LogP contribution in [0.15, 0.2) is 53.9 Å². The molecule has 208 valence electrons. The summed E-state index contributed by atoms with van der Waals surface area (Å²) in [5.74, 6) is 0.894. The number of nitrogens with zero attached hydrogens (tertiary/aromatic N) is 5. The average molecular weight is 615 g/mol. The minimum absolute atomic E-state index is 0.0928. The maximum Gasteiger partial charge on any atom is 0.327 e. The number of halogens is 2. The van der Waals surface area contributed by atoms with Gasteiger partial charge in [0.1, 0.15) is 16.5 Å². The molecular formula is C24H25Cl2N5O6S2. The monoisotopic (exact) mass is 613 g/mol. The summed E-state index contributed by atoms with van der Waals surface area (Å²) in [6.07, 6.45) is -0.185. The standard InChI is InChI=1S/C24H25Cl2N5O6S2/c25-8-10-29(11-9-26)19-2-4-20(5-3-19)37-39(35,36)23(16-18-7-14-38-24(18)31(33)34)17-1-6-22-21(15-17)27-28-30(22)12-13-32/h1-7,14-15,23,32H,8-13,16H2. The van der Waals surface area contributed by atoms with Gasteiger partial charge < -0.3 is 14.2 Å². The number of alkyl halides is 2. The quantitative estimate of drug-likeness (QED) is 0.0949. The van der Waals surface area contributed by atoms with E-state index in [0.717, 1.165) is 17.0 Å². The SMILES string of the molecule is O=[N+]([O-])c1sccc1CC(c1ccc2c(c1)nnn2CCO)S(=O)(=O)Oc1ccc(N(CCCl)CCCl)cc1. The van der Waals surface area contributed by atoms with E-state index in [-0.39, 0.29) is 35.9 Å². The molecule has 0 spiro atoms. The summed E-state index contributed by atoms with van der Waals surface area (Å²) < 4.78 is 34.4. The van der Waals surface area contributed by atoms with E-state index in [1.54, 1.807) is 41.8 Å². The fraction of sp³-hybridized carbons (Fsp3) is 0.333. The van der Waals surface area contributed by atoms with Crippen LogP contribution in [0.25, 0.3) is 11.0 Å². The molecule has 4 aromatic rings. The van der Waals surface area contributed by atoms with Crippen LogP contribution in [0.4, 0.5) is 10.7 Å². The molecule has 0 saturated heterocycles. The Labute approximate surface area is 238 Å². The summed E-state index contributed by atoms with van der Waals surface area (Å²) in [6.45, 7) is 1.23. The molecule has 0 bridgehead atoms. The number of aliphatic hydroxyl groups is 1. The summed E-state index contributed by atoms with van der Waals surface area (Å²) in [7, 11) is -4.34. The van der Waals surface area contributed by atoms with Gasteiger partial charge >= 0.3 is 15.1 Å². The molecule has 2 aromatic heterocycles. The summed E-state index contributed by atoms with van der Waals surface area (Å²) in [5, 5.41) is 29.0. The van der Waals surface area contributed by atoms with Crippen molar-refractivity contribution in [2.75, 3.05) is 36.4 Å². The number of thiophene rings is 1. The molecular weight excluding hydrogens is 589 g/mol. The molecule has 0 aliphatic rings. The number of aromatic nitrogens is 3. The topological polar surface area (TPSA) is 141 Å². The Morgan fingerprint density at radius 3 is 2.49 bits per heavy atom. The zero-order valence-corrected chi connectivity index (χ0v) is 23.7. The molecule has 2 heterocycles. The first-order valence-electron chi connectivity index (χ1n) is 11.8. The molecule has 1 N–H and O–H groups in total. The van der Waals surface area contributed by atoms with Crippen molar-refractivity contribution in [1.29, 1.82) is 0 Å². The van der Waals surface area contributed by atoms with Crippen LogP contribution < -0.4 is 9.08 Å². The molecule has 4 rings (SSSR count). The lowest BCUT2D eigenvalue weighted by atomic mass is 10.0. The minimum Gasteiger partial charge on any atom is -0.394 e. The van der Waals surface area contributed by atoms with E-state index in [1.807, 2.05) is 4.90 Å². The van der Waals surface area contributed by atoms with Crippen molar-refractivity contribution in [2.24, 2.45) is 0 Å². The molecule has 0 radical (unpaired) electrons. The Morgan fingerprint density at radius 2 is 1.85 bits per heavy atom. The molecule has 0 fully saturated rings. The smallest absolute Gasteiger partial charge is 0.327 e. The number of fused-ring (bicyclic) bond motifs is 1. The normalized spacial score (nSPS) is 12.5. The van der Waals surface area contributed by atoms with Gasteiger partial charge in [-0.1, -0.05) is 22.6 Å². The number of hydrogen-bond acceptors (Lipinski definition) is 10. The second-order valence-electron chi connectivity index (χ2n) is 8.42. The van der Waals surface area contributed by atoms with Crippen molar-refractivity contribution in [3.05, 3.63) is 75.2 Å². The van der Waals surface area contributed by atoms with Gasteiger partial charge in [0.15, 0.2) is 0 Å². The highest BCUT2D eigenvalue weighted by Gasteiger charge is 2.33. The second kappa shape index (κ2) is 12.9. The van der Waals surface area contributed by atoms with Crippen LogP contribution in [0.1, 0.15) is 16.4 Å². The Kier molecular flexibility index (Phi) is 9.62. The van der Waals surface area contributed by atoms with Gasteiger partial charge in [0, 0.05) is 42.5 Å². The van der Waals surface area contributed by atoms with Gasteiger partial charge in [-0.3, -0.25) is 10.1 Å². The summed E-state index contributed by atoms with van der Waals surface area (Å²) >= 11 is 12.7.